The first-order valence-corrected chi connectivity index (χ1v) is 10.5. The van der Waals surface area contributed by atoms with Gasteiger partial charge in [0, 0.05) is 30.6 Å². The predicted octanol–water partition coefficient (Wildman–Crippen LogP) is 3.18. The standard InChI is InChI=1S/C14H21BrN2O2S2/c1-10-4-6-17(7-5-10)21(18,19)13-8-12(20-14(13)15)9-16-11-2-3-11/h8,10-11,16H,2-7,9H2,1H3. The Balaban J connectivity index is 1.74. The van der Waals surface area contributed by atoms with Crippen LogP contribution in [0.25, 0.3) is 0 Å². The summed E-state index contributed by atoms with van der Waals surface area (Å²) in [7, 11) is -3.35. The molecule has 0 atom stereocenters. The van der Waals surface area contributed by atoms with Crippen LogP contribution in [0.5, 0.6) is 0 Å². The fraction of sp³-hybridized carbons (Fsp3) is 0.714. The van der Waals surface area contributed by atoms with Gasteiger partial charge in [-0.2, -0.15) is 4.31 Å². The Morgan fingerprint density at radius 1 is 1.33 bits per heavy atom. The molecule has 1 aliphatic carbocycles. The molecule has 1 aliphatic heterocycles. The Kier molecular flexibility index (Phi) is 4.76. The van der Waals surface area contributed by atoms with E-state index in [9.17, 15) is 8.42 Å². The van der Waals surface area contributed by atoms with Crippen LogP contribution in [0.15, 0.2) is 14.7 Å². The van der Waals surface area contributed by atoms with Crippen molar-refractivity contribution in [3.05, 3.63) is 14.7 Å². The molecule has 2 fully saturated rings. The van der Waals surface area contributed by atoms with Crippen molar-refractivity contribution in [2.45, 2.75) is 50.1 Å². The maximum atomic E-state index is 12.8. The fourth-order valence-electron chi connectivity index (χ4n) is 2.56. The number of hydrogen-bond donors (Lipinski definition) is 1. The summed E-state index contributed by atoms with van der Waals surface area (Å²) < 4.78 is 27.9. The highest BCUT2D eigenvalue weighted by Gasteiger charge is 2.31. The minimum atomic E-state index is -3.35. The quantitative estimate of drug-likeness (QED) is 0.836. The van der Waals surface area contributed by atoms with E-state index < -0.39 is 10.0 Å². The zero-order valence-corrected chi connectivity index (χ0v) is 15.4. The zero-order chi connectivity index (χ0) is 15.0. The number of sulfonamides is 1. The predicted molar refractivity (Wildman–Crippen MR) is 89.0 cm³/mol. The number of hydrogen-bond acceptors (Lipinski definition) is 4. The van der Waals surface area contributed by atoms with Crippen molar-refractivity contribution in [3.63, 3.8) is 0 Å². The van der Waals surface area contributed by atoms with Gasteiger partial charge < -0.3 is 5.32 Å². The summed E-state index contributed by atoms with van der Waals surface area (Å²) in [6.45, 7) is 4.23. The van der Waals surface area contributed by atoms with Gasteiger partial charge in [-0.3, -0.25) is 0 Å². The van der Waals surface area contributed by atoms with Crippen molar-refractivity contribution in [2.24, 2.45) is 5.92 Å². The first kappa shape index (κ1) is 15.9. The van der Waals surface area contributed by atoms with Gasteiger partial charge in [0.15, 0.2) is 0 Å². The van der Waals surface area contributed by atoms with Crippen LogP contribution in [-0.4, -0.2) is 31.9 Å². The summed E-state index contributed by atoms with van der Waals surface area (Å²) in [4.78, 5) is 1.52. The molecule has 118 valence electrons. The highest BCUT2D eigenvalue weighted by Crippen LogP contribution is 2.35. The molecule has 0 unspecified atom stereocenters. The molecule has 1 aromatic heterocycles. The van der Waals surface area contributed by atoms with Crippen LogP contribution >= 0.6 is 27.3 Å². The molecule has 7 heteroatoms. The van der Waals surface area contributed by atoms with Crippen molar-refractivity contribution in [3.8, 4) is 0 Å². The van der Waals surface area contributed by atoms with Crippen LogP contribution < -0.4 is 5.32 Å². The molecule has 4 nitrogen and oxygen atoms in total. The van der Waals surface area contributed by atoms with E-state index in [0.717, 1.165) is 28.0 Å². The van der Waals surface area contributed by atoms with E-state index in [4.69, 9.17) is 0 Å². The van der Waals surface area contributed by atoms with Crippen LogP contribution in [0.3, 0.4) is 0 Å². The molecular weight excluding hydrogens is 372 g/mol. The van der Waals surface area contributed by atoms with E-state index in [2.05, 4.69) is 28.2 Å². The summed E-state index contributed by atoms with van der Waals surface area (Å²) in [5, 5.41) is 3.43. The second-order valence-corrected chi connectivity index (χ2v) is 10.5. The highest BCUT2D eigenvalue weighted by molar-refractivity contribution is 9.11. The lowest BCUT2D eigenvalue weighted by Crippen LogP contribution is -2.37. The Morgan fingerprint density at radius 3 is 2.62 bits per heavy atom. The van der Waals surface area contributed by atoms with Crippen LogP contribution in [-0.2, 0) is 16.6 Å². The lowest BCUT2D eigenvalue weighted by molar-refractivity contribution is 0.288. The van der Waals surface area contributed by atoms with E-state index in [1.165, 1.54) is 24.2 Å². The van der Waals surface area contributed by atoms with Gasteiger partial charge in [-0.25, -0.2) is 8.42 Å². The van der Waals surface area contributed by atoms with Crippen LogP contribution in [0.1, 0.15) is 37.5 Å². The zero-order valence-electron chi connectivity index (χ0n) is 12.1. The molecule has 0 bridgehead atoms. The summed E-state index contributed by atoms with van der Waals surface area (Å²) in [6.07, 6.45) is 4.39. The van der Waals surface area contributed by atoms with Gasteiger partial charge in [-0.1, -0.05) is 6.92 Å². The van der Waals surface area contributed by atoms with E-state index in [0.29, 0.717) is 29.9 Å². The molecule has 0 radical (unpaired) electrons. The third-order valence-electron chi connectivity index (χ3n) is 4.21. The van der Waals surface area contributed by atoms with Crippen molar-refractivity contribution in [1.29, 1.82) is 0 Å². The number of piperidine rings is 1. The van der Waals surface area contributed by atoms with Gasteiger partial charge >= 0.3 is 0 Å². The molecule has 1 aromatic rings. The normalized spacial score (nSPS) is 21.8. The summed E-state index contributed by atoms with van der Waals surface area (Å²) in [5.41, 5.74) is 0. The first-order chi connectivity index (χ1) is 9.96. The molecule has 21 heavy (non-hydrogen) atoms. The highest BCUT2D eigenvalue weighted by atomic mass is 79.9. The maximum absolute atomic E-state index is 12.8. The third-order valence-corrected chi connectivity index (χ3v) is 8.36. The number of nitrogens with one attached hydrogen (secondary N) is 1. The second kappa shape index (κ2) is 6.28. The number of thiophene rings is 1. The third kappa shape index (κ3) is 3.69. The van der Waals surface area contributed by atoms with Gasteiger partial charge in [0.25, 0.3) is 0 Å². The molecule has 2 aliphatic rings. The number of halogens is 1. The molecule has 0 amide bonds. The summed E-state index contributed by atoms with van der Waals surface area (Å²) in [6, 6.07) is 2.46. The van der Waals surface area contributed by atoms with Crippen LogP contribution in [0.2, 0.25) is 0 Å². The van der Waals surface area contributed by atoms with Gasteiger partial charge in [-0.15, -0.1) is 11.3 Å². The fourth-order valence-corrected chi connectivity index (χ4v) is 6.61. The average molecular weight is 393 g/mol. The Bertz CT molecular complexity index is 602. The molecule has 0 aromatic carbocycles. The molecule has 1 saturated carbocycles. The molecular formula is C14H21BrN2O2S2. The molecule has 3 rings (SSSR count). The first-order valence-electron chi connectivity index (χ1n) is 7.48. The van der Waals surface area contributed by atoms with Crippen LogP contribution in [0, 0.1) is 5.92 Å². The van der Waals surface area contributed by atoms with Gasteiger partial charge in [0.05, 0.1) is 3.79 Å². The van der Waals surface area contributed by atoms with Crippen molar-refractivity contribution in [1.82, 2.24) is 9.62 Å². The number of nitrogens with zero attached hydrogens (tertiary/aromatic N) is 1. The summed E-state index contributed by atoms with van der Waals surface area (Å²) >= 11 is 4.96. The monoisotopic (exact) mass is 392 g/mol. The smallest absolute Gasteiger partial charge is 0.245 e. The average Bonchev–Trinajstić information content (AvgIpc) is 3.19. The van der Waals surface area contributed by atoms with E-state index in [1.54, 1.807) is 4.31 Å². The molecule has 2 heterocycles. The Hall–Kier alpha value is 0.0500. The van der Waals surface area contributed by atoms with Gasteiger partial charge in [-0.05, 0) is 53.6 Å². The van der Waals surface area contributed by atoms with Gasteiger partial charge in [0.1, 0.15) is 4.90 Å². The molecule has 1 saturated heterocycles. The second-order valence-electron chi connectivity index (χ2n) is 6.09. The SMILES string of the molecule is CC1CCN(S(=O)(=O)c2cc(CNC3CC3)sc2Br)CC1. The van der Waals surface area contributed by atoms with Gasteiger partial charge in [0.2, 0.25) is 10.0 Å². The Labute approximate surface area is 139 Å². The van der Waals surface area contributed by atoms with Crippen molar-refractivity contribution >= 4 is 37.3 Å². The topological polar surface area (TPSA) is 49.4 Å². The number of rotatable bonds is 5. The minimum Gasteiger partial charge on any atom is -0.309 e. The largest absolute Gasteiger partial charge is 0.309 e. The van der Waals surface area contributed by atoms with Crippen molar-refractivity contribution < 1.29 is 8.42 Å². The molecule has 0 spiro atoms. The lowest BCUT2D eigenvalue weighted by atomic mass is 10.0. The summed E-state index contributed by atoms with van der Waals surface area (Å²) in [5.74, 6) is 0.626. The maximum Gasteiger partial charge on any atom is 0.245 e. The lowest BCUT2D eigenvalue weighted by Gasteiger charge is -2.29. The molecule has 1 N–H and O–H groups in total. The van der Waals surface area contributed by atoms with E-state index in [1.807, 2.05) is 6.07 Å². The van der Waals surface area contributed by atoms with E-state index in [-0.39, 0.29) is 0 Å². The van der Waals surface area contributed by atoms with Crippen LogP contribution in [0.4, 0.5) is 0 Å². The Morgan fingerprint density at radius 2 is 2.00 bits per heavy atom. The minimum absolute atomic E-state index is 0.439. The van der Waals surface area contributed by atoms with Crippen molar-refractivity contribution in [2.75, 3.05) is 13.1 Å². The van der Waals surface area contributed by atoms with E-state index >= 15 is 0 Å².